The Morgan fingerprint density at radius 3 is 0.654 bits per heavy atom. The summed E-state index contributed by atoms with van der Waals surface area (Å²) < 4.78 is 1.23. The molecule has 0 aromatic heterocycles. The Bertz CT molecular complexity index is 606. The van der Waals surface area contributed by atoms with Gasteiger partial charge in [0.25, 0.3) is 0 Å². The zero-order valence-corrected chi connectivity index (χ0v) is 37.7. The Morgan fingerprint density at radius 1 is 0.231 bits per heavy atom. The van der Waals surface area contributed by atoms with Crippen LogP contribution in [-0.2, 0) is 0 Å². The molecule has 2 nitrogen and oxygen atoms in total. The maximum absolute atomic E-state index is 2.87. The Labute approximate surface area is 332 Å². The molecule has 314 valence electrons. The molecule has 0 aliphatic carbocycles. The third kappa shape index (κ3) is 42.7. The van der Waals surface area contributed by atoms with E-state index in [0.717, 1.165) is 0 Å². The zero-order valence-electron chi connectivity index (χ0n) is 37.7. The second-order valence-corrected chi connectivity index (χ2v) is 18.3. The van der Waals surface area contributed by atoms with Gasteiger partial charge in [0.05, 0.1) is 27.2 Å². The molecule has 0 rings (SSSR count). The lowest BCUT2D eigenvalue weighted by atomic mass is 10.0. The molecule has 0 aliphatic rings. The summed E-state index contributed by atoms with van der Waals surface area (Å²) in [6, 6.07) is 0. The number of hydrogen-bond acceptors (Lipinski definition) is 1. The van der Waals surface area contributed by atoms with Crippen molar-refractivity contribution < 1.29 is 4.48 Å². The minimum absolute atomic E-state index is 1.23. The van der Waals surface area contributed by atoms with E-state index in [9.17, 15) is 0 Å². The van der Waals surface area contributed by atoms with Gasteiger partial charge in [-0.05, 0) is 58.2 Å². The largest absolute Gasteiger partial charge is 0.328 e. The molecule has 0 spiro atoms. The van der Waals surface area contributed by atoms with Crippen LogP contribution in [0.1, 0.15) is 278 Å². The first-order valence-electron chi connectivity index (χ1n) is 25.1. The highest BCUT2D eigenvalue weighted by Gasteiger charge is 2.14. The van der Waals surface area contributed by atoms with Crippen molar-refractivity contribution in [2.45, 2.75) is 278 Å². The zero-order chi connectivity index (χ0) is 37.9. The molecule has 0 saturated heterocycles. The first-order valence-corrected chi connectivity index (χ1v) is 25.1. The predicted molar refractivity (Wildman–Crippen MR) is 240 cm³/mol. The summed E-state index contributed by atoms with van der Waals surface area (Å²) in [7, 11) is 5.00. The average molecular weight is 734 g/mol. The van der Waals surface area contributed by atoms with E-state index < -0.39 is 0 Å². The molecule has 0 aromatic carbocycles. The van der Waals surface area contributed by atoms with Gasteiger partial charge in [-0.3, -0.25) is 0 Å². The van der Waals surface area contributed by atoms with Crippen LogP contribution in [0.2, 0.25) is 0 Å². The van der Waals surface area contributed by atoms with Gasteiger partial charge in [-0.2, -0.15) is 0 Å². The predicted octanol–water partition coefficient (Wildman–Crippen LogP) is 17.0. The molecule has 0 bridgehead atoms. The Morgan fingerprint density at radius 2 is 0.404 bits per heavy atom. The number of hydrogen-bond donors (Lipinski definition) is 0. The van der Waals surface area contributed by atoms with E-state index in [1.54, 1.807) is 0 Å². The smallest absolute Gasteiger partial charge is 0.0782 e. The van der Waals surface area contributed by atoms with E-state index in [1.807, 2.05) is 0 Å². The van der Waals surface area contributed by atoms with E-state index in [4.69, 9.17) is 0 Å². The van der Waals surface area contributed by atoms with Crippen LogP contribution in [0.25, 0.3) is 0 Å². The van der Waals surface area contributed by atoms with E-state index >= 15 is 0 Å². The highest BCUT2D eigenvalue weighted by Crippen LogP contribution is 2.17. The van der Waals surface area contributed by atoms with E-state index in [2.05, 4.69) is 39.8 Å². The standard InChI is InChI=1S/C50H105N2/c1-6-9-12-15-18-21-24-25-26-27-28-29-30-31-34-37-40-44-49-52(4,5)50-45-43-48-51(46-41-38-35-32-22-19-16-13-10-7-2)47-42-39-36-33-23-20-17-14-11-8-3/h6-50H2,1-5H3/q+1. The van der Waals surface area contributed by atoms with Crippen LogP contribution in [0.5, 0.6) is 0 Å². The van der Waals surface area contributed by atoms with Crippen LogP contribution >= 0.6 is 0 Å². The number of nitrogens with zero attached hydrogens (tertiary/aromatic N) is 2. The van der Waals surface area contributed by atoms with Crippen LogP contribution < -0.4 is 0 Å². The molecule has 0 unspecified atom stereocenters. The summed E-state index contributed by atoms with van der Waals surface area (Å²) in [6.45, 7) is 13.7. The molecular formula is C50H105N2+. The summed E-state index contributed by atoms with van der Waals surface area (Å²) in [4.78, 5) is 2.87. The lowest BCUT2D eigenvalue weighted by Crippen LogP contribution is -2.41. The third-order valence-electron chi connectivity index (χ3n) is 12.3. The monoisotopic (exact) mass is 734 g/mol. The minimum atomic E-state index is 1.23. The summed E-state index contributed by atoms with van der Waals surface area (Å²) in [5.74, 6) is 0. The van der Waals surface area contributed by atoms with Crippen LogP contribution in [0.15, 0.2) is 0 Å². The molecule has 52 heavy (non-hydrogen) atoms. The molecule has 0 radical (unpaired) electrons. The fraction of sp³-hybridized carbons (Fsp3) is 1.00. The van der Waals surface area contributed by atoms with Crippen molar-refractivity contribution in [2.75, 3.05) is 46.8 Å². The fourth-order valence-electron chi connectivity index (χ4n) is 8.41. The second kappa shape index (κ2) is 43.6. The van der Waals surface area contributed by atoms with Gasteiger partial charge in [0.2, 0.25) is 0 Å². The fourth-order valence-corrected chi connectivity index (χ4v) is 8.41. The lowest BCUT2D eigenvalue weighted by Gasteiger charge is -2.30. The summed E-state index contributed by atoms with van der Waals surface area (Å²) >= 11 is 0. The lowest BCUT2D eigenvalue weighted by molar-refractivity contribution is -0.890. The molecule has 0 saturated carbocycles. The maximum Gasteiger partial charge on any atom is 0.0782 e. The molecule has 0 heterocycles. The number of quaternary nitrogens is 1. The summed E-state index contributed by atoms with van der Waals surface area (Å²) in [6.07, 6.45) is 58.2. The Balaban J connectivity index is 3.96. The second-order valence-electron chi connectivity index (χ2n) is 18.3. The van der Waals surface area contributed by atoms with E-state index in [1.165, 1.54) is 294 Å². The van der Waals surface area contributed by atoms with Crippen molar-refractivity contribution in [2.24, 2.45) is 0 Å². The van der Waals surface area contributed by atoms with Gasteiger partial charge in [-0.25, -0.2) is 0 Å². The maximum atomic E-state index is 2.87. The Kier molecular flexibility index (Phi) is 43.6. The molecule has 0 N–H and O–H groups in total. The first-order chi connectivity index (χ1) is 25.6. The van der Waals surface area contributed by atoms with Gasteiger partial charge in [0.1, 0.15) is 0 Å². The molecule has 0 fully saturated rings. The van der Waals surface area contributed by atoms with Crippen molar-refractivity contribution in [3.05, 3.63) is 0 Å². The van der Waals surface area contributed by atoms with Gasteiger partial charge in [0, 0.05) is 0 Å². The van der Waals surface area contributed by atoms with Crippen LogP contribution in [-0.4, -0.2) is 56.2 Å². The van der Waals surface area contributed by atoms with Crippen molar-refractivity contribution in [1.29, 1.82) is 0 Å². The minimum Gasteiger partial charge on any atom is -0.328 e. The molecule has 0 amide bonds. The number of unbranched alkanes of at least 4 members (excludes halogenated alkanes) is 36. The van der Waals surface area contributed by atoms with E-state index in [-0.39, 0.29) is 0 Å². The van der Waals surface area contributed by atoms with Crippen molar-refractivity contribution in [1.82, 2.24) is 4.90 Å². The van der Waals surface area contributed by atoms with Gasteiger partial charge in [-0.15, -0.1) is 0 Å². The molecule has 0 aliphatic heterocycles. The van der Waals surface area contributed by atoms with Crippen LogP contribution in [0, 0.1) is 0 Å². The summed E-state index contributed by atoms with van der Waals surface area (Å²) in [5.41, 5.74) is 0. The Hall–Kier alpha value is -0.0800. The molecular weight excluding hydrogens is 629 g/mol. The summed E-state index contributed by atoms with van der Waals surface area (Å²) in [5, 5.41) is 0. The third-order valence-corrected chi connectivity index (χ3v) is 12.3. The topological polar surface area (TPSA) is 3.24 Å². The molecule has 0 atom stereocenters. The van der Waals surface area contributed by atoms with Gasteiger partial charge >= 0.3 is 0 Å². The highest BCUT2D eigenvalue weighted by molar-refractivity contribution is 4.61. The first kappa shape index (κ1) is 51.9. The molecule has 2 heteroatoms. The van der Waals surface area contributed by atoms with E-state index in [0.29, 0.717) is 0 Å². The SMILES string of the molecule is CCCCCCCCCCCCCCCCCCCC[N+](C)(C)CCCCN(CCCCCCCCCCCC)CCCCCCCCCCCC. The van der Waals surface area contributed by atoms with Crippen LogP contribution in [0.4, 0.5) is 0 Å². The average Bonchev–Trinajstić information content (AvgIpc) is 3.14. The van der Waals surface area contributed by atoms with Crippen molar-refractivity contribution in [3.8, 4) is 0 Å². The number of rotatable bonds is 46. The van der Waals surface area contributed by atoms with Gasteiger partial charge < -0.3 is 9.38 Å². The van der Waals surface area contributed by atoms with Crippen molar-refractivity contribution in [3.63, 3.8) is 0 Å². The van der Waals surface area contributed by atoms with Gasteiger partial charge in [0.15, 0.2) is 0 Å². The highest BCUT2D eigenvalue weighted by atomic mass is 15.3. The normalized spacial score (nSPS) is 12.1. The van der Waals surface area contributed by atoms with Crippen molar-refractivity contribution >= 4 is 0 Å². The van der Waals surface area contributed by atoms with Gasteiger partial charge in [-0.1, -0.05) is 239 Å². The van der Waals surface area contributed by atoms with Crippen LogP contribution in [0.3, 0.4) is 0 Å². The molecule has 0 aromatic rings. The quantitative estimate of drug-likeness (QED) is 0.0445.